The van der Waals surface area contributed by atoms with E-state index in [0.717, 1.165) is 4.47 Å². The molecule has 13 heavy (non-hydrogen) atoms. The molecule has 1 aromatic heterocycles. The normalized spacial score (nSPS) is 9.77. The van der Waals surface area contributed by atoms with Crippen LogP contribution in [0.5, 0.6) is 0 Å². The Morgan fingerprint density at radius 2 is 2.31 bits per heavy atom. The molecule has 0 saturated carbocycles. The fourth-order valence-corrected chi connectivity index (χ4v) is 1.40. The van der Waals surface area contributed by atoms with Gasteiger partial charge < -0.3 is 5.32 Å². The highest BCUT2D eigenvalue weighted by atomic mass is 79.9. The van der Waals surface area contributed by atoms with Crippen LogP contribution in [0.2, 0.25) is 0 Å². The highest BCUT2D eigenvalue weighted by molar-refractivity contribution is 9.11. The summed E-state index contributed by atoms with van der Waals surface area (Å²) in [6.45, 7) is 1.80. The molecule has 1 heterocycles. The summed E-state index contributed by atoms with van der Waals surface area (Å²) >= 11 is 6.51. The smallest absolute Gasteiger partial charge is 0.224 e. The van der Waals surface area contributed by atoms with E-state index in [1.54, 1.807) is 19.2 Å². The Balaban J connectivity index is 2.87. The number of amides is 1. The van der Waals surface area contributed by atoms with Crippen LogP contribution in [0.1, 0.15) is 13.3 Å². The molecule has 0 unspecified atom stereocenters. The van der Waals surface area contributed by atoms with Gasteiger partial charge in [-0.25, -0.2) is 4.98 Å². The van der Waals surface area contributed by atoms with Crippen molar-refractivity contribution in [3.05, 3.63) is 21.3 Å². The summed E-state index contributed by atoms with van der Waals surface area (Å²) in [6, 6.07) is 1.80. The Hall–Kier alpha value is -0.420. The molecule has 1 N–H and O–H groups in total. The number of nitrogens with one attached hydrogen (secondary N) is 1. The van der Waals surface area contributed by atoms with Crippen molar-refractivity contribution in [3.63, 3.8) is 0 Å². The van der Waals surface area contributed by atoms with Crippen LogP contribution in [0.15, 0.2) is 21.3 Å². The predicted molar refractivity (Wildman–Crippen MR) is 58.6 cm³/mol. The van der Waals surface area contributed by atoms with Crippen LogP contribution < -0.4 is 5.32 Å². The minimum Gasteiger partial charge on any atom is -0.324 e. The SMILES string of the molecule is CCC(=O)Nc1cc(Br)cnc1Br. The van der Waals surface area contributed by atoms with Gasteiger partial charge in [0.25, 0.3) is 0 Å². The molecule has 0 spiro atoms. The van der Waals surface area contributed by atoms with Crippen molar-refractivity contribution in [2.75, 3.05) is 5.32 Å². The molecule has 70 valence electrons. The van der Waals surface area contributed by atoms with Crippen molar-refractivity contribution in [1.82, 2.24) is 4.98 Å². The summed E-state index contributed by atoms with van der Waals surface area (Å²) in [6.07, 6.45) is 2.12. The van der Waals surface area contributed by atoms with Crippen LogP contribution in [-0.2, 0) is 4.79 Å². The molecule has 0 aliphatic heterocycles. The maximum absolute atomic E-state index is 11.1. The third kappa shape index (κ3) is 3.08. The van der Waals surface area contributed by atoms with E-state index in [1.165, 1.54) is 0 Å². The fourth-order valence-electron chi connectivity index (χ4n) is 0.749. The second-order valence-corrected chi connectivity index (χ2v) is 4.06. The zero-order valence-electron chi connectivity index (χ0n) is 6.97. The van der Waals surface area contributed by atoms with Gasteiger partial charge in [0.2, 0.25) is 5.91 Å². The molecule has 5 heteroatoms. The number of carbonyl (C=O) groups is 1. The average Bonchev–Trinajstić information content (AvgIpc) is 2.11. The quantitative estimate of drug-likeness (QED) is 0.854. The third-order valence-electron chi connectivity index (χ3n) is 1.40. The summed E-state index contributed by atoms with van der Waals surface area (Å²) in [5.41, 5.74) is 0.682. The Bertz CT molecular complexity index is 328. The highest BCUT2D eigenvalue weighted by Crippen LogP contribution is 2.23. The minimum absolute atomic E-state index is 0.0272. The molecule has 0 saturated heterocycles. The fraction of sp³-hybridized carbons (Fsp3) is 0.250. The van der Waals surface area contributed by atoms with Crippen molar-refractivity contribution < 1.29 is 4.79 Å². The third-order valence-corrected chi connectivity index (χ3v) is 2.47. The molecule has 0 bridgehead atoms. The molecule has 0 aliphatic carbocycles. The first kappa shape index (κ1) is 10.7. The summed E-state index contributed by atoms with van der Waals surface area (Å²) in [5, 5.41) is 2.72. The molecule has 0 atom stereocenters. The average molecular weight is 308 g/mol. The van der Waals surface area contributed by atoms with Crippen molar-refractivity contribution in [3.8, 4) is 0 Å². The van der Waals surface area contributed by atoms with Crippen LogP contribution in [-0.4, -0.2) is 10.9 Å². The lowest BCUT2D eigenvalue weighted by Gasteiger charge is -2.05. The van der Waals surface area contributed by atoms with Crippen LogP contribution in [0.4, 0.5) is 5.69 Å². The summed E-state index contributed by atoms with van der Waals surface area (Å²) in [5.74, 6) is -0.0272. The first-order chi connectivity index (χ1) is 6.13. The van der Waals surface area contributed by atoms with Gasteiger partial charge in [-0.1, -0.05) is 6.92 Å². The molecular formula is C8H8Br2N2O. The van der Waals surface area contributed by atoms with Gasteiger partial charge in [0.1, 0.15) is 4.60 Å². The monoisotopic (exact) mass is 306 g/mol. The van der Waals surface area contributed by atoms with E-state index in [9.17, 15) is 4.79 Å². The molecule has 3 nitrogen and oxygen atoms in total. The topological polar surface area (TPSA) is 42.0 Å². The Labute approximate surface area is 93.2 Å². The van der Waals surface area contributed by atoms with Crippen molar-refractivity contribution in [2.45, 2.75) is 13.3 Å². The van der Waals surface area contributed by atoms with Gasteiger partial charge in [0.15, 0.2) is 0 Å². The molecule has 0 fully saturated rings. The zero-order valence-corrected chi connectivity index (χ0v) is 10.1. The zero-order chi connectivity index (χ0) is 9.84. The number of rotatable bonds is 2. The lowest BCUT2D eigenvalue weighted by Crippen LogP contribution is -2.10. The minimum atomic E-state index is -0.0272. The van der Waals surface area contributed by atoms with Gasteiger partial charge in [-0.15, -0.1) is 0 Å². The lowest BCUT2D eigenvalue weighted by molar-refractivity contribution is -0.115. The van der Waals surface area contributed by atoms with E-state index in [2.05, 4.69) is 42.2 Å². The van der Waals surface area contributed by atoms with E-state index < -0.39 is 0 Å². The van der Waals surface area contributed by atoms with Gasteiger partial charge in [-0.3, -0.25) is 4.79 Å². The number of carbonyl (C=O) groups excluding carboxylic acids is 1. The van der Waals surface area contributed by atoms with Crippen molar-refractivity contribution in [2.24, 2.45) is 0 Å². The largest absolute Gasteiger partial charge is 0.324 e. The summed E-state index contributed by atoms with van der Waals surface area (Å²) in [7, 11) is 0. The number of aromatic nitrogens is 1. The summed E-state index contributed by atoms with van der Waals surface area (Å²) < 4.78 is 1.47. The van der Waals surface area contributed by atoms with Gasteiger partial charge in [0.05, 0.1) is 5.69 Å². The van der Waals surface area contributed by atoms with Crippen LogP contribution in [0.25, 0.3) is 0 Å². The predicted octanol–water partition coefficient (Wildman–Crippen LogP) is 2.96. The van der Waals surface area contributed by atoms with Gasteiger partial charge in [0, 0.05) is 17.1 Å². The molecule has 0 aliphatic rings. The number of hydrogen-bond donors (Lipinski definition) is 1. The lowest BCUT2D eigenvalue weighted by atomic mass is 10.4. The Morgan fingerprint density at radius 1 is 1.62 bits per heavy atom. The Kier molecular flexibility index (Phi) is 3.87. The van der Waals surface area contributed by atoms with Crippen molar-refractivity contribution in [1.29, 1.82) is 0 Å². The number of nitrogens with zero attached hydrogens (tertiary/aromatic N) is 1. The molecule has 1 rings (SSSR count). The number of halogens is 2. The molecule has 0 radical (unpaired) electrons. The number of anilines is 1. The summed E-state index contributed by atoms with van der Waals surface area (Å²) in [4.78, 5) is 15.1. The van der Waals surface area contributed by atoms with Crippen LogP contribution in [0, 0.1) is 0 Å². The standard InChI is InChI=1S/C8H8Br2N2O/c1-2-7(13)12-6-3-5(9)4-11-8(6)10/h3-4H,2H2,1H3,(H,12,13). The number of pyridine rings is 1. The Morgan fingerprint density at radius 3 is 2.92 bits per heavy atom. The highest BCUT2D eigenvalue weighted by Gasteiger charge is 2.04. The van der Waals surface area contributed by atoms with E-state index in [0.29, 0.717) is 16.7 Å². The maximum Gasteiger partial charge on any atom is 0.224 e. The van der Waals surface area contributed by atoms with Gasteiger partial charge >= 0.3 is 0 Å². The van der Waals surface area contributed by atoms with E-state index in [-0.39, 0.29) is 5.91 Å². The molecule has 0 aromatic carbocycles. The van der Waals surface area contributed by atoms with Crippen LogP contribution in [0.3, 0.4) is 0 Å². The number of hydrogen-bond acceptors (Lipinski definition) is 2. The van der Waals surface area contributed by atoms with E-state index in [1.807, 2.05) is 0 Å². The molecule has 1 aromatic rings. The van der Waals surface area contributed by atoms with Crippen molar-refractivity contribution >= 4 is 43.5 Å². The molecule has 1 amide bonds. The maximum atomic E-state index is 11.1. The second kappa shape index (κ2) is 4.72. The van der Waals surface area contributed by atoms with E-state index >= 15 is 0 Å². The van der Waals surface area contributed by atoms with Gasteiger partial charge in [-0.2, -0.15) is 0 Å². The van der Waals surface area contributed by atoms with Gasteiger partial charge in [-0.05, 0) is 37.9 Å². The first-order valence-corrected chi connectivity index (χ1v) is 5.33. The second-order valence-electron chi connectivity index (χ2n) is 2.39. The molecular weight excluding hydrogens is 300 g/mol. The van der Waals surface area contributed by atoms with Crippen LogP contribution >= 0.6 is 31.9 Å². The van der Waals surface area contributed by atoms with E-state index in [4.69, 9.17) is 0 Å². The first-order valence-electron chi connectivity index (χ1n) is 3.74.